The second kappa shape index (κ2) is 5.12. The van der Waals surface area contributed by atoms with Gasteiger partial charge in [-0.1, -0.05) is 41.5 Å². The third-order valence-corrected chi connectivity index (χ3v) is 2.30. The van der Waals surface area contributed by atoms with Gasteiger partial charge in [0, 0.05) is 11.6 Å². The summed E-state index contributed by atoms with van der Waals surface area (Å²) < 4.78 is 0. The average Bonchev–Trinajstić information content (AvgIpc) is 2.07. The zero-order valence-electron chi connectivity index (χ0n) is 11.0. The Morgan fingerprint density at radius 2 is 1.44 bits per heavy atom. The van der Waals surface area contributed by atoms with Crippen molar-refractivity contribution in [2.24, 2.45) is 10.8 Å². The molecule has 0 unspecified atom stereocenters. The van der Waals surface area contributed by atoms with Gasteiger partial charge in [0.05, 0.1) is 0 Å². The van der Waals surface area contributed by atoms with E-state index in [1.165, 1.54) is 6.08 Å². The first kappa shape index (κ1) is 14.6. The number of allylic oxidation sites excluding steroid dienone is 4. The maximum absolute atomic E-state index is 10.9. The summed E-state index contributed by atoms with van der Waals surface area (Å²) in [5.41, 5.74) is 0.888. The van der Waals surface area contributed by atoms with Gasteiger partial charge in [0.2, 0.25) is 0 Å². The molecule has 0 spiro atoms. The molecule has 0 rings (SSSR count). The van der Waals surface area contributed by atoms with Gasteiger partial charge in [0.25, 0.3) is 0 Å². The van der Waals surface area contributed by atoms with E-state index in [4.69, 9.17) is 0 Å². The molecule has 0 heterocycles. The average molecular weight is 220 g/mol. The topological polar surface area (TPSA) is 34.1 Å². The van der Waals surface area contributed by atoms with Gasteiger partial charge < -0.3 is 0 Å². The maximum atomic E-state index is 10.9. The second-order valence-corrected chi connectivity index (χ2v) is 5.88. The van der Waals surface area contributed by atoms with E-state index in [1.54, 1.807) is 12.0 Å². The molecule has 2 nitrogen and oxygen atoms in total. The van der Waals surface area contributed by atoms with Gasteiger partial charge in [-0.3, -0.25) is 0 Å². The fourth-order valence-corrected chi connectivity index (χ4v) is 1.09. The van der Waals surface area contributed by atoms with Crippen molar-refractivity contribution in [2.75, 3.05) is 0 Å². The SMILES string of the molecule is CC(C)(C)C(=C=O)/C=C(\C=C=O)C(C)(C)C. The number of hydrogen-bond donors (Lipinski definition) is 0. The molecule has 0 fully saturated rings. The summed E-state index contributed by atoms with van der Waals surface area (Å²) in [5.74, 6) is 3.71. The van der Waals surface area contributed by atoms with Crippen LogP contribution in [-0.2, 0) is 9.59 Å². The molecule has 0 aliphatic rings. The van der Waals surface area contributed by atoms with Crippen LogP contribution < -0.4 is 0 Å². The van der Waals surface area contributed by atoms with Gasteiger partial charge in [-0.2, -0.15) is 0 Å². The van der Waals surface area contributed by atoms with Crippen LogP contribution in [0.3, 0.4) is 0 Å². The van der Waals surface area contributed by atoms with Crippen LogP contribution in [0.2, 0.25) is 0 Å². The van der Waals surface area contributed by atoms with Crippen molar-refractivity contribution in [3.05, 3.63) is 23.3 Å². The molecule has 0 N–H and O–H groups in total. The summed E-state index contributed by atoms with van der Waals surface area (Å²) in [5, 5.41) is 0. The van der Waals surface area contributed by atoms with Crippen molar-refractivity contribution in [3.63, 3.8) is 0 Å². The Morgan fingerprint density at radius 1 is 0.938 bits per heavy atom. The second-order valence-electron chi connectivity index (χ2n) is 5.88. The lowest BCUT2D eigenvalue weighted by Crippen LogP contribution is -2.13. The molecule has 0 bridgehead atoms. The van der Waals surface area contributed by atoms with E-state index in [-0.39, 0.29) is 10.8 Å². The third kappa shape index (κ3) is 4.44. The Hall–Kier alpha value is -1.36. The quantitative estimate of drug-likeness (QED) is 0.529. The van der Waals surface area contributed by atoms with Crippen molar-refractivity contribution in [3.8, 4) is 0 Å². The summed E-state index contributed by atoms with van der Waals surface area (Å²) in [6, 6.07) is 0. The summed E-state index contributed by atoms with van der Waals surface area (Å²) >= 11 is 0. The van der Waals surface area contributed by atoms with Gasteiger partial charge in [-0.25, -0.2) is 9.59 Å². The smallest absolute Gasteiger partial charge is 0.128 e. The fourth-order valence-electron chi connectivity index (χ4n) is 1.09. The van der Waals surface area contributed by atoms with Crippen LogP contribution in [0, 0.1) is 10.8 Å². The van der Waals surface area contributed by atoms with Crippen molar-refractivity contribution in [1.29, 1.82) is 0 Å². The normalized spacial score (nSPS) is 12.8. The lowest BCUT2D eigenvalue weighted by atomic mass is 9.80. The monoisotopic (exact) mass is 220 g/mol. The highest BCUT2D eigenvalue weighted by atomic mass is 16.1. The molecule has 2 heteroatoms. The molecule has 0 aromatic carbocycles. The maximum Gasteiger partial charge on any atom is 0.128 e. The van der Waals surface area contributed by atoms with E-state index in [0.717, 1.165) is 5.57 Å². The van der Waals surface area contributed by atoms with Crippen molar-refractivity contribution in [2.45, 2.75) is 41.5 Å². The van der Waals surface area contributed by atoms with Gasteiger partial charge >= 0.3 is 0 Å². The minimum atomic E-state index is -0.269. The highest BCUT2D eigenvalue weighted by molar-refractivity contribution is 5.63. The van der Waals surface area contributed by atoms with Crippen LogP contribution in [0.4, 0.5) is 0 Å². The zero-order valence-corrected chi connectivity index (χ0v) is 11.0. The first-order valence-electron chi connectivity index (χ1n) is 5.31. The summed E-state index contributed by atoms with van der Waals surface area (Å²) in [7, 11) is 0. The van der Waals surface area contributed by atoms with Crippen LogP contribution in [0.15, 0.2) is 23.3 Å². The van der Waals surface area contributed by atoms with Crippen molar-refractivity contribution < 1.29 is 9.59 Å². The van der Waals surface area contributed by atoms with E-state index >= 15 is 0 Å². The molecule has 0 aromatic rings. The molecule has 0 saturated heterocycles. The molecular weight excluding hydrogens is 200 g/mol. The number of hydrogen-bond acceptors (Lipinski definition) is 2. The minimum Gasteiger partial charge on any atom is -0.233 e. The summed E-state index contributed by atoms with van der Waals surface area (Å²) in [4.78, 5) is 21.4. The van der Waals surface area contributed by atoms with Crippen molar-refractivity contribution in [1.82, 2.24) is 0 Å². The van der Waals surface area contributed by atoms with E-state index in [0.29, 0.717) is 5.57 Å². The van der Waals surface area contributed by atoms with Crippen molar-refractivity contribution >= 4 is 11.9 Å². The zero-order chi connectivity index (χ0) is 13.0. The molecule has 16 heavy (non-hydrogen) atoms. The van der Waals surface area contributed by atoms with Gasteiger partial charge in [-0.05, 0) is 22.5 Å². The van der Waals surface area contributed by atoms with Gasteiger partial charge in [0.15, 0.2) is 0 Å². The molecule has 0 radical (unpaired) electrons. The first-order valence-corrected chi connectivity index (χ1v) is 5.31. The van der Waals surface area contributed by atoms with E-state index in [9.17, 15) is 9.59 Å². The third-order valence-electron chi connectivity index (χ3n) is 2.30. The van der Waals surface area contributed by atoms with E-state index in [1.807, 2.05) is 47.5 Å². The Kier molecular flexibility index (Phi) is 4.68. The fraction of sp³-hybridized carbons (Fsp3) is 0.571. The molecule has 0 amide bonds. The Morgan fingerprint density at radius 3 is 1.69 bits per heavy atom. The molecular formula is C14H20O2. The Labute approximate surface area is 97.7 Å². The van der Waals surface area contributed by atoms with E-state index in [2.05, 4.69) is 0 Å². The van der Waals surface area contributed by atoms with Crippen LogP contribution in [0.5, 0.6) is 0 Å². The van der Waals surface area contributed by atoms with Gasteiger partial charge in [-0.15, -0.1) is 0 Å². The first-order chi connectivity index (χ1) is 7.12. The summed E-state index contributed by atoms with van der Waals surface area (Å²) in [6.45, 7) is 11.8. The molecule has 0 aromatic heterocycles. The van der Waals surface area contributed by atoms with Crippen LogP contribution in [-0.4, -0.2) is 11.9 Å². The number of carbonyl (C=O) groups excluding carboxylic acids is 2. The van der Waals surface area contributed by atoms with Crippen LogP contribution in [0.1, 0.15) is 41.5 Å². The highest BCUT2D eigenvalue weighted by Gasteiger charge is 2.21. The van der Waals surface area contributed by atoms with Crippen LogP contribution >= 0.6 is 0 Å². The predicted octanol–water partition coefficient (Wildman–Crippen LogP) is 3.15. The lowest BCUT2D eigenvalue weighted by Gasteiger charge is -2.23. The number of rotatable bonds is 2. The largest absolute Gasteiger partial charge is 0.233 e. The molecule has 0 saturated carbocycles. The highest BCUT2D eigenvalue weighted by Crippen LogP contribution is 2.31. The molecule has 0 atom stereocenters. The summed E-state index contributed by atoms with van der Waals surface area (Å²) in [6.07, 6.45) is 3.11. The minimum absolute atomic E-state index is 0.190. The Balaban J connectivity index is 5.56. The van der Waals surface area contributed by atoms with Crippen LogP contribution in [0.25, 0.3) is 0 Å². The molecule has 88 valence electrons. The standard InChI is InChI=1S/C14H20O2/c1-13(2,3)11(7-8-15)9-12(10-16)14(4,5)6/h7,9H,1-6H3/b11-9+. The van der Waals surface area contributed by atoms with E-state index < -0.39 is 0 Å². The lowest BCUT2D eigenvalue weighted by molar-refractivity contribution is 0.494. The molecule has 0 aliphatic carbocycles. The molecule has 0 aliphatic heterocycles. The van der Waals surface area contributed by atoms with Gasteiger partial charge in [0.1, 0.15) is 11.9 Å². The Bertz CT molecular complexity index is 374. The predicted molar refractivity (Wildman–Crippen MR) is 66.5 cm³/mol.